The summed E-state index contributed by atoms with van der Waals surface area (Å²) in [6, 6.07) is 14.9. The first-order chi connectivity index (χ1) is 16.8. The molecule has 4 aromatic rings. The number of aromatic nitrogens is 4. The summed E-state index contributed by atoms with van der Waals surface area (Å²) >= 11 is 0. The largest absolute Gasteiger partial charge is 0.494 e. The van der Waals surface area contributed by atoms with Gasteiger partial charge in [0.15, 0.2) is 0 Å². The number of fused-ring (bicyclic) bond motifs is 1. The molecule has 0 atom stereocenters. The monoisotopic (exact) mass is 474 g/mol. The lowest BCUT2D eigenvalue weighted by molar-refractivity contribution is 0.251. The maximum absolute atomic E-state index is 12.7. The van der Waals surface area contributed by atoms with Crippen molar-refractivity contribution < 1.29 is 9.53 Å². The zero-order valence-electron chi connectivity index (χ0n) is 20.9. The number of ether oxygens (including phenoxy) is 1. The number of nitrogen functional groups attached to an aromatic ring is 1. The van der Waals surface area contributed by atoms with Crippen LogP contribution in [-0.2, 0) is 5.41 Å². The maximum Gasteiger partial charge on any atom is 0.348 e. The fourth-order valence-corrected chi connectivity index (χ4v) is 3.81. The van der Waals surface area contributed by atoms with Gasteiger partial charge in [-0.1, -0.05) is 47.0 Å². The highest BCUT2D eigenvalue weighted by molar-refractivity contribution is 5.92. The Hall–Kier alpha value is -3.81. The van der Waals surface area contributed by atoms with Gasteiger partial charge in [-0.15, -0.1) is 0 Å². The van der Waals surface area contributed by atoms with Crippen molar-refractivity contribution in [3.8, 4) is 11.4 Å². The van der Waals surface area contributed by atoms with Crippen molar-refractivity contribution >= 4 is 28.6 Å². The van der Waals surface area contributed by atoms with Gasteiger partial charge >= 0.3 is 6.03 Å². The number of hydrogen-bond donors (Lipinski definition) is 2. The summed E-state index contributed by atoms with van der Waals surface area (Å²) in [5, 5.41) is 7.22. The van der Waals surface area contributed by atoms with Crippen LogP contribution in [0.15, 0.2) is 54.9 Å². The standard InChI is InChI=1S/C27H34N6O2/c1-5-6-7-8-15-35-21-13-14-23-22(16-21)29-18-32(23)20-11-9-19(10-12-20)30-26(34)33-25(28)17-24(31-33)27(2,3)4/h9-14,16-18H,5-8,15,28H2,1-4H3,(H,30,34). The van der Waals surface area contributed by atoms with Crippen LogP contribution in [-0.4, -0.2) is 32.0 Å². The highest BCUT2D eigenvalue weighted by Gasteiger charge is 2.21. The topological polar surface area (TPSA) is 100.0 Å². The molecule has 0 bridgehead atoms. The Kier molecular flexibility index (Phi) is 7.10. The van der Waals surface area contributed by atoms with Gasteiger partial charge in [-0.3, -0.25) is 4.57 Å². The van der Waals surface area contributed by atoms with Crippen LogP contribution in [0.3, 0.4) is 0 Å². The van der Waals surface area contributed by atoms with Crippen molar-refractivity contribution in [1.29, 1.82) is 0 Å². The van der Waals surface area contributed by atoms with Crippen molar-refractivity contribution in [2.45, 2.75) is 58.8 Å². The van der Waals surface area contributed by atoms with E-state index in [1.165, 1.54) is 23.9 Å². The summed E-state index contributed by atoms with van der Waals surface area (Å²) < 4.78 is 9.09. The first kappa shape index (κ1) is 24.3. The molecule has 2 aromatic carbocycles. The third-order valence-electron chi connectivity index (χ3n) is 5.88. The van der Waals surface area contributed by atoms with E-state index < -0.39 is 6.03 Å². The zero-order valence-corrected chi connectivity index (χ0v) is 20.9. The van der Waals surface area contributed by atoms with Crippen molar-refractivity contribution in [2.24, 2.45) is 0 Å². The number of unbranched alkanes of at least 4 members (excludes halogenated alkanes) is 3. The number of benzene rings is 2. The van der Waals surface area contributed by atoms with Gasteiger partial charge in [0, 0.05) is 28.9 Å². The predicted octanol–water partition coefficient (Wildman–Crippen LogP) is 6.14. The molecule has 0 radical (unpaired) electrons. The van der Waals surface area contributed by atoms with Crippen LogP contribution < -0.4 is 15.8 Å². The second kappa shape index (κ2) is 10.2. The van der Waals surface area contributed by atoms with Crippen molar-refractivity contribution in [3.63, 3.8) is 0 Å². The van der Waals surface area contributed by atoms with E-state index in [9.17, 15) is 4.79 Å². The van der Waals surface area contributed by atoms with Crippen molar-refractivity contribution in [2.75, 3.05) is 17.7 Å². The average Bonchev–Trinajstić information content (AvgIpc) is 3.43. The summed E-state index contributed by atoms with van der Waals surface area (Å²) in [4.78, 5) is 17.2. The van der Waals surface area contributed by atoms with E-state index in [2.05, 4.69) is 22.3 Å². The van der Waals surface area contributed by atoms with Crippen molar-refractivity contribution in [3.05, 3.63) is 60.6 Å². The van der Waals surface area contributed by atoms with E-state index in [1.807, 2.05) is 67.8 Å². The van der Waals surface area contributed by atoms with Gasteiger partial charge in [0.2, 0.25) is 0 Å². The number of hydrogen-bond acceptors (Lipinski definition) is 5. The molecule has 2 aromatic heterocycles. The molecule has 2 heterocycles. The lowest BCUT2D eigenvalue weighted by Crippen LogP contribution is -2.23. The molecular weight excluding hydrogens is 440 g/mol. The number of anilines is 2. The zero-order chi connectivity index (χ0) is 25.0. The van der Waals surface area contributed by atoms with Crippen LogP contribution in [0, 0.1) is 0 Å². The van der Waals surface area contributed by atoms with Crippen LogP contribution in [0.4, 0.5) is 16.3 Å². The molecule has 0 saturated heterocycles. The molecule has 3 N–H and O–H groups in total. The maximum atomic E-state index is 12.7. The minimum absolute atomic E-state index is 0.198. The molecule has 0 unspecified atom stereocenters. The molecule has 0 fully saturated rings. The summed E-state index contributed by atoms with van der Waals surface area (Å²) in [5.74, 6) is 1.14. The Balaban J connectivity index is 1.43. The normalized spacial score (nSPS) is 11.7. The van der Waals surface area contributed by atoms with Crippen LogP contribution >= 0.6 is 0 Å². The lowest BCUT2D eigenvalue weighted by Gasteiger charge is -2.14. The van der Waals surface area contributed by atoms with Crippen LogP contribution in [0.1, 0.15) is 59.1 Å². The smallest absolute Gasteiger partial charge is 0.348 e. The second-order valence-corrected chi connectivity index (χ2v) is 9.77. The lowest BCUT2D eigenvalue weighted by atomic mass is 9.92. The van der Waals surface area contributed by atoms with Gasteiger partial charge in [-0.05, 0) is 42.8 Å². The number of nitrogens with one attached hydrogen (secondary N) is 1. The van der Waals surface area contributed by atoms with Gasteiger partial charge < -0.3 is 15.8 Å². The molecule has 0 saturated carbocycles. The quantitative estimate of drug-likeness (QED) is 0.299. The summed E-state index contributed by atoms with van der Waals surface area (Å²) in [6.07, 6.45) is 6.51. The van der Waals surface area contributed by atoms with E-state index >= 15 is 0 Å². The predicted molar refractivity (Wildman–Crippen MR) is 140 cm³/mol. The number of carbonyl (C=O) groups excluding carboxylic acids is 1. The van der Waals surface area contributed by atoms with Gasteiger partial charge in [0.1, 0.15) is 17.9 Å². The first-order valence-electron chi connectivity index (χ1n) is 12.1. The number of nitrogens with zero attached hydrogens (tertiary/aromatic N) is 4. The molecule has 0 spiro atoms. The van der Waals surface area contributed by atoms with Crippen LogP contribution in [0.2, 0.25) is 0 Å². The fraction of sp³-hybridized carbons (Fsp3) is 0.370. The Morgan fingerprint density at radius 1 is 1.06 bits per heavy atom. The average molecular weight is 475 g/mol. The van der Waals surface area contributed by atoms with E-state index in [1.54, 1.807) is 12.4 Å². The molecule has 8 nitrogen and oxygen atoms in total. The van der Waals surface area contributed by atoms with E-state index in [-0.39, 0.29) is 5.41 Å². The molecule has 184 valence electrons. The third kappa shape index (κ3) is 5.65. The van der Waals surface area contributed by atoms with Gasteiger partial charge in [0.25, 0.3) is 0 Å². The second-order valence-electron chi connectivity index (χ2n) is 9.77. The number of carbonyl (C=O) groups is 1. The van der Waals surface area contributed by atoms with Crippen LogP contribution in [0.5, 0.6) is 5.75 Å². The summed E-state index contributed by atoms with van der Waals surface area (Å²) in [7, 11) is 0. The van der Waals surface area contributed by atoms with E-state index in [0.29, 0.717) is 11.5 Å². The molecule has 1 amide bonds. The molecule has 35 heavy (non-hydrogen) atoms. The van der Waals surface area contributed by atoms with Gasteiger partial charge in [-0.25, -0.2) is 9.78 Å². The Labute approximate surface area is 206 Å². The number of nitrogens with two attached hydrogens (primary N) is 1. The Morgan fingerprint density at radius 3 is 2.51 bits per heavy atom. The highest BCUT2D eigenvalue weighted by Crippen LogP contribution is 2.25. The van der Waals surface area contributed by atoms with E-state index in [4.69, 9.17) is 10.5 Å². The number of imidazole rings is 1. The minimum Gasteiger partial charge on any atom is -0.494 e. The number of rotatable bonds is 8. The Bertz CT molecular complexity index is 1300. The minimum atomic E-state index is -0.402. The SMILES string of the molecule is CCCCCCOc1ccc2c(c1)ncn2-c1ccc(NC(=O)n2nc(C(C)(C)C)cc2N)cc1. The van der Waals surface area contributed by atoms with Gasteiger partial charge in [0.05, 0.1) is 23.3 Å². The summed E-state index contributed by atoms with van der Waals surface area (Å²) in [5.41, 5.74) is 10.0. The van der Waals surface area contributed by atoms with Crippen LogP contribution in [0.25, 0.3) is 16.7 Å². The molecular formula is C27H34N6O2. The van der Waals surface area contributed by atoms with E-state index in [0.717, 1.165) is 41.2 Å². The third-order valence-corrected chi connectivity index (χ3v) is 5.88. The molecule has 8 heteroatoms. The number of amides is 1. The highest BCUT2D eigenvalue weighted by atomic mass is 16.5. The molecule has 0 aliphatic heterocycles. The Morgan fingerprint density at radius 2 is 1.83 bits per heavy atom. The molecule has 0 aliphatic carbocycles. The van der Waals surface area contributed by atoms with Crippen molar-refractivity contribution in [1.82, 2.24) is 19.3 Å². The summed E-state index contributed by atoms with van der Waals surface area (Å²) in [6.45, 7) is 9.00. The van der Waals surface area contributed by atoms with Gasteiger partial charge in [-0.2, -0.15) is 9.78 Å². The first-order valence-corrected chi connectivity index (χ1v) is 12.1. The molecule has 0 aliphatic rings. The molecule has 4 rings (SSSR count). The fourth-order valence-electron chi connectivity index (χ4n) is 3.81.